The van der Waals surface area contributed by atoms with Crippen LogP contribution in [0.5, 0.6) is 0 Å². The van der Waals surface area contributed by atoms with E-state index in [1.54, 1.807) is 0 Å². The smallest absolute Gasteiger partial charge is 0.216 e. The zero-order valence-corrected chi connectivity index (χ0v) is 21.6. The van der Waals surface area contributed by atoms with E-state index >= 15 is 0 Å². The summed E-state index contributed by atoms with van der Waals surface area (Å²) in [5.74, 6) is -0.443. The number of nitrogens with zero attached hydrogens (tertiary/aromatic N) is 1. The minimum atomic E-state index is -0.443. The number of para-hydroxylation sites is 1. The number of aryl methyl sites for hydroxylation is 1. The molecule has 2 heterocycles. The average molecular weight is 454 g/mol. The van der Waals surface area contributed by atoms with E-state index in [0.29, 0.717) is 0 Å². The van der Waals surface area contributed by atoms with Gasteiger partial charge in [0.1, 0.15) is 18.2 Å². The van der Waals surface area contributed by atoms with Crippen molar-refractivity contribution in [3.8, 4) is 11.3 Å². The van der Waals surface area contributed by atoms with Gasteiger partial charge in [0, 0.05) is 23.8 Å². The molecule has 0 unspecified atom stereocenters. The Labute approximate surface area is 205 Å². The maximum atomic E-state index is 9.03. The molecule has 0 N–H and O–H groups in total. The van der Waals surface area contributed by atoms with Gasteiger partial charge in [-0.1, -0.05) is 58.7 Å². The van der Waals surface area contributed by atoms with Gasteiger partial charge >= 0.3 is 0 Å². The SMILES string of the molecule is [2H]C1(c2ccc(-c3c(C)c4c(c5c3oc3ccccc35)C(C)(C)CCC4(C)C)[n+](C)c2)CCCC1. The molecule has 0 aliphatic heterocycles. The molecule has 0 spiro atoms. The minimum Gasteiger partial charge on any atom is -0.455 e. The second kappa shape index (κ2) is 7.44. The lowest BCUT2D eigenvalue weighted by molar-refractivity contribution is -0.660. The van der Waals surface area contributed by atoms with Crippen molar-refractivity contribution in [2.24, 2.45) is 7.05 Å². The van der Waals surface area contributed by atoms with Crippen LogP contribution in [0.15, 0.2) is 47.0 Å². The number of rotatable bonds is 2. The number of benzene rings is 2. The third-order valence-electron chi connectivity index (χ3n) is 8.81. The molecule has 2 heteroatoms. The molecule has 2 nitrogen and oxygen atoms in total. The molecule has 1 saturated carbocycles. The molecular formula is C32H38NO+. The molecule has 4 aromatic rings. The maximum absolute atomic E-state index is 9.03. The lowest BCUT2D eigenvalue weighted by Gasteiger charge is -2.43. The van der Waals surface area contributed by atoms with Gasteiger partial charge < -0.3 is 4.42 Å². The van der Waals surface area contributed by atoms with Gasteiger partial charge in [0.25, 0.3) is 0 Å². The summed E-state index contributed by atoms with van der Waals surface area (Å²) in [6.07, 6.45) is 8.79. The van der Waals surface area contributed by atoms with Gasteiger partial charge in [-0.25, -0.2) is 4.57 Å². The fourth-order valence-electron chi connectivity index (χ4n) is 6.95. The summed E-state index contributed by atoms with van der Waals surface area (Å²) in [4.78, 5) is 0. The normalized spacial score (nSPS) is 21.1. The van der Waals surface area contributed by atoms with Gasteiger partial charge in [-0.2, -0.15) is 0 Å². The van der Waals surface area contributed by atoms with Gasteiger partial charge in [-0.3, -0.25) is 0 Å². The van der Waals surface area contributed by atoms with Crippen LogP contribution in [0.25, 0.3) is 33.2 Å². The van der Waals surface area contributed by atoms with E-state index in [4.69, 9.17) is 5.79 Å². The molecule has 2 aliphatic carbocycles. The highest BCUT2D eigenvalue weighted by Gasteiger charge is 2.42. The first-order valence-electron chi connectivity index (χ1n) is 13.5. The Bertz CT molecular complexity index is 1480. The van der Waals surface area contributed by atoms with Gasteiger partial charge in [-0.05, 0) is 78.2 Å². The van der Waals surface area contributed by atoms with Gasteiger partial charge in [0.05, 0.1) is 5.56 Å². The van der Waals surface area contributed by atoms with Crippen molar-refractivity contribution < 1.29 is 10.4 Å². The highest BCUT2D eigenvalue weighted by atomic mass is 16.3. The molecule has 0 bridgehead atoms. The molecule has 0 saturated heterocycles. The van der Waals surface area contributed by atoms with Crippen LogP contribution in [0.4, 0.5) is 0 Å². The van der Waals surface area contributed by atoms with Crippen LogP contribution in [-0.4, -0.2) is 0 Å². The second-order valence-corrected chi connectivity index (χ2v) is 12.0. The number of furan rings is 1. The fraction of sp³-hybridized carbons (Fsp3) is 0.469. The summed E-state index contributed by atoms with van der Waals surface area (Å²) < 4.78 is 18.0. The Balaban J connectivity index is 1.72. The topological polar surface area (TPSA) is 17.0 Å². The van der Waals surface area contributed by atoms with Crippen LogP contribution in [-0.2, 0) is 17.9 Å². The van der Waals surface area contributed by atoms with Crippen LogP contribution in [0.3, 0.4) is 0 Å². The summed E-state index contributed by atoms with van der Waals surface area (Å²) in [6.45, 7) is 12.0. The van der Waals surface area contributed by atoms with Crippen LogP contribution < -0.4 is 4.57 Å². The first-order valence-corrected chi connectivity index (χ1v) is 13.0. The molecule has 2 aromatic heterocycles. The van der Waals surface area contributed by atoms with Crippen molar-refractivity contribution in [2.75, 3.05) is 0 Å². The summed E-state index contributed by atoms with van der Waals surface area (Å²) in [5.41, 5.74) is 10.00. The highest BCUT2D eigenvalue weighted by Crippen LogP contribution is 2.54. The second-order valence-electron chi connectivity index (χ2n) is 12.0. The molecule has 2 aromatic carbocycles. The van der Waals surface area contributed by atoms with Crippen LogP contribution >= 0.6 is 0 Å². The van der Waals surface area contributed by atoms with E-state index in [-0.39, 0.29) is 10.8 Å². The largest absolute Gasteiger partial charge is 0.455 e. The van der Waals surface area contributed by atoms with E-state index in [2.05, 4.69) is 88.8 Å². The molecule has 0 atom stereocenters. The molecule has 0 amide bonds. The first-order chi connectivity index (χ1) is 16.5. The Kier molecular flexibility index (Phi) is 4.54. The molecular weight excluding hydrogens is 414 g/mol. The van der Waals surface area contributed by atoms with E-state index < -0.39 is 5.89 Å². The standard InChI is InChI=1S/C32H38NO/c1-20-26(24-16-15-22(19-33(24)6)21-11-7-8-12-21)30-27(23-13-9-10-14-25(23)34-30)29-28(20)31(2,3)17-18-32(29,4)5/h9-10,13-16,19,21H,7-8,11-12,17-18H2,1-6H3/q+1/i21D. The number of fused-ring (bicyclic) bond motifs is 5. The molecule has 2 aliphatic rings. The summed E-state index contributed by atoms with van der Waals surface area (Å²) in [6, 6.07) is 13.0. The molecule has 1 fully saturated rings. The van der Waals surface area contributed by atoms with E-state index in [1.807, 2.05) is 0 Å². The fourth-order valence-corrected chi connectivity index (χ4v) is 6.95. The zero-order chi connectivity index (χ0) is 24.8. The number of hydrogen-bond donors (Lipinski definition) is 0. The molecule has 34 heavy (non-hydrogen) atoms. The lowest BCUT2D eigenvalue weighted by atomic mass is 9.60. The lowest BCUT2D eigenvalue weighted by Crippen LogP contribution is -2.36. The predicted molar refractivity (Wildman–Crippen MR) is 142 cm³/mol. The average Bonchev–Trinajstić information content (AvgIpc) is 3.41. The van der Waals surface area contributed by atoms with Gasteiger partial charge in [-0.15, -0.1) is 0 Å². The van der Waals surface area contributed by atoms with E-state index in [1.165, 1.54) is 51.6 Å². The summed E-state index contributed by atoms with van der Waals surface area (Å²) >= 11 is 0. The Hall–Kier alpha value is -2.61. The number of pyridine rings is 1. The number of aromatic nitrogens is 1. The summed E-state index contributed by atoms with van der Waals surface area (Å²) in [5, 5.41) is 2.52. The van der Waals surface area contributed by atoms with Crippen molar-refractivity contribution in [3.63, 3.8) is 0 Å². The Morgan fingerprint density at radius 1 is 0.941 bits per heavy atom. The van der Waals surface area contributed by atoms with Crippen molar-refractivity contribution in [3.05, 3.63) is 64.8 Å². The molecule has 0 radical (unpaired) electrons. The Morgan fingerprint density at radius 3 is 2.32 bits per heavy atom. The van der Waals surface area contributed by atoms with Crippen molar-refractivity contribution in [1.29, 1.82) is 0 Å². The van der Waals surface area contributed by atoms with Crippen LogP contribution in [0.2, 0.25) is 0 Å². The molecule has 176 valence electrons. The molecule has 6 rings (SSSR count). The van der Waals surface area contributed by atoms with E-state index in [9.17, 15) is 0 Å². The van der Waals surface area contributed by atoms with Crippen molar-refractivity contribution in [2.45, 2.75) is 89.9 Å². The number of hydrogen-bond acceptors (Lipinski definition) is 1. The van der Waals surface area contributed by atoms with Crippen molar-refractivity contribution in [1.82, 2.24) is 0 Å². The first kappa shape index (κ1) is 20.7. The summed E-state index contributed by atoms with van der Waals surface area (Å²) in [7, 11) is 2.14. The van der Waals surface area contributed by atoms with E-state index in [0.717, 1.165) is 42.4 Å². The minimum absolute atomic E-state index is 0.0884. The van der Waals surface area contributed by atoms with Crippen LogP contribution in [0, 0.1) is 6.92 Å². The predicted octanol–water partition coefficient (Wildman–Crippen LogP) is 8.39. The third-order valence-corrected chi connectivity index (χ3v) is 8.81. The van der Waals surface area contributed by atoms with Crippen LogP contribution in [0.1, 0.15) is 95.7 Å². The maximum Gasteiger partial charge on any atom is 0.216 e. The Morgan fingerprint density at radius 2 is 1.62 bits per heavy atom. The van der Waals surface area contributed by atoms with Gasteiger partial charge in [0.2, 0.25) is 5.69 Å². The zero-order valence-electron chi connectivity index (χ0n) is 22.6. The highest BCUT2D eigenvalue weighted by molar-refractivity contribution is 6.12. The quantitative estimate of drug-likeness (QED) is 0.278. The van der Waals surface area contributed by atoms with Gasteiger partial charge in [0.15, 0.2) is 6.20 Å². The monoisotopic (exact) mass is 453 g/mol. The third kappa shape index (κ3) is 3.10. The van der Waals surface area contributed by atoms with Crippen molar-refractivity contribution >= 4 is 21.9 Å².